The van der Waals surface area contributed by atoms with Crippen molar-refractivity contribution in [1.82, 2.24) is 25.8 Å². The summed E-state index contributed by atoms with van der Waals surface area (Å²) < 4.78 is 5.12. The summed E-state index contributed by atoms with van der Waals surface area (Å²) in [5, 5.41) is 18.9. The van der Waals surface area contributed by atoms with Gasteiger partial charge in [0.2, 0.25) is 29.3 Å². The van der Waals surface area contributed by atoms with Crippen LogP contribution >= 0.6 is 0 Å². The van der Waals surface area contributed by atoms with E-state index in [1.165, 1.54) is 18.1 Å². The topological polar surface area (TPSA) is 210 Å². The van der Waals surface area contributed by atoms with Crippen LogP contribution < -0.4 is 26.4 Å². The molecule has 0 radical (unpaired) electrons. The second-order valence-corrected chi connectivity index (χ2v) is 14.6. The molecule has 5 atom stereocenters. The number of methoxy groups -OCH3 is 1. The minimum atomic E-state index is -1.26. The van der Waals surface area contributed by atoms with E-state index in [2.05, 4.69) is 20.9 Å². The molecule has 260 valence electrons. The number of likely N-dealkylation sites (tertiary alicyclic amines) is 1. The maximum Gasteiger partial charge on any atom is 0.316 e. The van der Waals surface area contributed by atoms with Gasteiger partial charge in [0.15, 0.2) is 0 Å². The molecule has 1 aromatic rings. The molecule has 6 N–H and O–H groups in total. The number of urea groups is 1. The number of nitrogens with one attached hydrogen (secondary N) is 3. The maximum absolute atomic E-state index is 14.3. The van der Waals surface area contributed by atoms with Crippen LogP contribution in [0.25, 0.3) is 0 Å². The van der Waals surface area contributed by atoms with Gasteiger partial charge in [0, 0.05) is 18.5 Å². The van der Waals surface area contributed by atoms with Gasteiger partial charge in [-0.2, -0.15) is 0 Å². The first kappa shape index (κ1) is 37.4. The van der Waals surface area contributed by atoms with Crippen molar-refractivity contribution in [3.8, 4) is 5.88 Å². The number of carbonyl (C=O) groups is 6. The molecule has 2 fully saturated rings. The molecule has 14 heteroatoms. The highest BCUT2D eigenvalue weighted by molar-refractivity contribution is 6.37. The molecule has 0 aromatic carbocycles. The Morgan fingerprint density at radius 3 is 2.19 bits per heavy atom. The SMILES string of the molecule is COc1cccc(C(=O)[C@@H](NC(=O)N[C@H](C(=O)N2C[C@H](C(C)(C)O)C[C@H]2C(=O)NC(CC2CC2)C(=O)C(N)=O)C(C)(C)C)C(C)C)n1. The first-order valence-electron chi connectivity index (χ1n) is 16.0. The number of hydrogen-bond acceptors (Lipinski definition) is 9. The number of hydrogen-bond donors (Lipinski definition) is 5. The number of primary amides is 1. The number of pyridine rings is 1. The summed E-state index contributed by atoms with van der Waals surface area (Å²) in [4.78, 5) is 84.5. The van der Waals surface area contributed by atoms with Crippen LogP contribution in [-0.4, -0.2) is 93.7 Å². The van der Waals surface area contributed by atoms with Crippen LogP contribution in [0.15, 0.2) is 18.2 Å². The number of rotatable bonds is 14. The second kappa shape index (κ2) is 14.8. The van der Waals surface area contributed by atoms with Crippen LogP contribution in [0.1, 0.15) is 84.6 Å². The number of Topliss-reactive ketones (excluding diaryl/α,β-unsaturated/α-hetero) is 2. The lowest BCUT2D eigenvalue weighted by molar-refractivity contribution is -0.143. The lowest BCUT2D eigenvalue weighted by Gasteiger charge is -2.36. The Morgan fingerprint density at radius 1 is 1.04 bits per heavy atom. The van der Waals surface area contributed by atoms with Gasteiger partial charge in [-0.3, -0.25) is 24.0 Å². The summed E-state index contributed by atoms with van der Waals surface area (Å²) in [5.74, 6) is -4.17. The highest BCUT2D eigenvalue weighted by atomic mass is 16.5. The average molecular weight is 659 g/mol. The molecular weight excluding hydrogens is 608 g/mol. The van der Waals surface area contributed by atoms with Crippen molar-refractivity contribution in [2.75, 3.05) is 13.7 Å². The number of ketones is 2. The van der Waals surface area contributed by atoms with Crippen LogP contribution in [0.4, 0.5) is 4.79 Å². The highest BCUT2D eigenvalue weighted by Crippen LogP contribution is 2.36. The van der Waals surface area contributed by atoms with Gasteiger partial charge in [-0.1, -0.05) is 53.5 Å². The predicted octanol–water partition coefficient (Wildman–Crippen LogP) is 1.34. The van der Waals surface area contributed by atoms with Crippen LogP contribution in [0, 0.1) is 23.2 Å². The fourth-order valence-electron chi connectivity index (χ4n) is 5.69. The molecule has 2 aliphatic rings. The molecule has 1 aromatic heterocycles. The maximum atomic E-state index is 14.3. The van der Waals surface area contributed by atoms with Gasteiger partial charge in [-0.05, 0) is 50.0 Å². The van der Waals surface area contributed by atoms with E-state index in [1.807, 2.05) is 0 Å². The van der Waals surface area contributed by atoms with E-state index < -0.39 is 76.4 Å². The molecule has 1 saturated heterocycles. The molecule has 0 bridgehead atoms. The normalized spacial score (nSPS) is 20.2. The minimum absolute atomic E-state index is 0.00196. The zero-order chi connectivity index (χ0) is 35.4. The molecular formula is C33H50N6O8. The van der Waals surface area contributed by atoms with Gasteiger partial charge in [-0.15, -0.1) is 0 Å². The van der Waals surface area contributed by atoms with Gasteiger partial charge < -0.3 is 36.4 Å². The number of aliphatic hydroxyl groups is 1. The Labute approximate surface area is 275 Å². The van der Waals surface area contributed by atoms with E-state index in [9.17, 15) is 33.9 Å². The fraction of sp³-hybridized carbons (Fsp3) is 0.667. The number of nitrogens with zero attached hydrogens (tertiary/aromatic N) is 2. The molecule has 1 aliphatic heterocycles. The first-order chi connectivity index (χ1) is 21.7. The zero-order valence-electron chi connectivity index (χ0n) is 28.6. The lowest BCUT2D eigenvalue weighted by Crippen LogP contribution is -2.61. The van der Waals surface area contributed by atoms with E-state index in [1.54, 1.807) is 60.6 Å². The largest absolute Gasteiger partial charge is 0.481 e. The molecule has 1 saturated carbocycles. The van der Waals surface area contributed by atoms with Crippen molar-refractivity contribution in [3.63, 3.8) is 0 Å². The Balaban J connectivity index is 1.85. The summed E-state index contributed by atoms with van der Waals surface area (Å²) in [6.45, 7) is 11.9. The van der Waals surface area contributed by atoms with E-state index in [0.29, 0.717) is 0 Å². The Kier molecular flexibility index (Phi) is 11.8. The van der Waals surface area contributed by atoms with E-state index in [0.717, 1.165) is 12.8 Å². The van der Waals surface area contributed by atoms with Crippen molar-refractivity contribution in [1.29, 1.82) is 0 Å². The Bertz CT molecular complexity index is 1360. The molecule has 5 amide bonds. The average Bonchev–Trinajstić information content (AvgIpc) is 3.68. The van der Waals surface area contributed by atoms with Crippen LogP contribution in [-0.2, 0) is 19.2 Å². The summed E-state index contributed by atoms with van der Waals surface area (Å²) in [6.07, 6.45) is 2.08. The van der Waals surface area contributed by atoms with Crippen LogP contribution in [0.5, 0.6) is 5.88 Å². The number of aromatic nitrogens is 1. The molecule has 2 heterocycles. The number of amides is 5. The number of nitrogens with two attached hydrogens (primary N) is 1. The van der Waals surface area contributed by atoms with E-state index in [4.69, 9.17) is 10.5 Å². The third-order valence-electron chi connectivity index (χ3n) is 8.84. The van der Waals surface area contributed by atoms with Gasteiger partial charge in [0.25, 0.3) is 5.91 Å². The molecule has 1 unspecified atom stereocenters. The standard InChI is InChI=1S/C33H50N6O8/c1-17(2)24(25(40)20-10-9-11-23(35-20)47-8)37-31(45)38-27(32(3,4)5)30(44)39-16-19(33(6,7)46)15-22(39)29(43)36-21(14-18-12-13-18)26(41)28(34)42/h9-11,17-19,21-22,24,27,46H,12-16H2,1-8H3,(H2,34,42)(H,36,43)(H2,37,38,45)/t19-,21?,22+,24+,27-/m1/s1. The minimum Gasteiger partial charge on any atom is -0.481 e. The van der Waals surface area contributed by atoms with E-state index in [-0.39, 0.29) is 42.8 Å². The van der Waals surface area contributed by atoms with Crippen molar-refractivity contribution in [2.24, 2.45) is 28.9 Å². The van der Waals surface area contributed by atoms with Gasteiger partial charge >= 0.3 is 6.03 Å². The van der Waals surface area contributed by atoms with Gasteiger partial charge in [0.05, 0.1) is 24.8 Å². The third kappa shape index (κ3) is 9.72. The number of ether oxygens (including phenoxy) is 1. The molecule has 14 nitrogen and oxygen atoms in total. The highest BCUT2D eigenvalue weighted by Gasteiger charge is 2.49. The smallest absolute Gasteiger partial charge is 0.316 e. The van der Waals surface area contributed by atoms with Crippen molar-refractivity contribution >= 4 is 35.3 Å². The van der Waals surface area contributed by atoms with Crippen LogP contribution in [0.3, 0.4) is 0 Å². The Morgan fingerprint density at radius 2 is 1.68 bits per heavy atom. The summed E-state index contributed by atoms with van der Waals surface area (Å²) in [6, 6.07) is -0.413. The fourth-order valence-corrected chi connectivity index (χ4v) is 5.69. The van der Waals surface area contributed by atoms with Gasteiger partial charge in [-0.25, -0.2) is 9.78 Å². The van der Waals surface area contributed by atoms with Crippen molar-refractivity contribution in [2.45, 2.75) is 104 Å². The molecule has 47 heavy (non-hydrogen) atoms. The summed E-state index contributed by atoms with van der Waals surface area (Å²) in [7, 11) is 1.43. The monoisotopic (exact) mass is 658 g/mol. The van der Waals surface area contributed by atoms with Crippen molar-refractivity contribution in [3.05, 3.63) is 23.9 Å². The van der Waals surface area contributed by atoms with E-state index >= 15 is 0 Å². The molecule has 3 rings (SSSR count). The second-order valence-electron chi connectivity index (χ2n) is 14.6. The quantitative estimate of drug-likeness (QED) is 0.144. The van der Waals surface area contributed by atoms with Crippen LogP contribution in [0.2, 0.25) is 0 Å². The van der Waals surface area contributed by atoms with Gasteiger partial charge in [0.1, 0.15) is 17.8 Å². The molecule has 1 aliphatic carbocycles. The summed E-state index contributed by atoms with van der Waals surface area (Å²) >= 11 is 0. The summed E-state index contributed by atoms with van der Waals surface area (Å²) in [5.41, 5.74) is 3.24. The Hall–Kier alpha value is -4.07. The zero-order valence-corrected chi connectivity index (χ0v) is 28.6. The third-order valence-corrected chi connectivity index (χ3v) is 8.84. The lowest BCUT2D eigenvalue weighted by atomic mass is 9.85. The number of carbonyl (C=O) groups excluding carboxylic acids is 6. The predicted molar refractivity (Wildman–Crippen MR) is 172 cm³/mol. The first-order valence-corrected chi connectivity index (χ1v) is 16.0. The van der Waals surface area contributed by atoms with Crippen molar-refractivity contribution < 1.29 is 38.6 Å². The molecule has 0 spiro atoms.